The summed E-state index contributed by atoms with van der Waals surface area (Å²) in [6, 6.07) is 7.73. The van der Waals surface area contributed by atoms with Gasteiger partial charge in [-0.05, 0) is 37.7 Å². The van der Waals surface area contributed by atoms with E-state index >= 15 is 0 Å². The van der Waals surface area contributed by atoms with Gasteiger partial charge < -0.3 is 14.8 Å². The normalized spacial score (nSPS) is 20.6. The molecular formula is C25H33NO4. The number of allylic oxidation sites excluding steroid dienone is 3. The highest BCUT2D eigenvalue weighted by molar-refractivity contribution is 6.04. The fourth-order valence-corrected chi connectivity index (χ4v) is 4.45. The van der Waals surface area contributed by atoms with Crippen molar-refractivity contribution in [1.29, 1.82) is 0 Å². The quantitative estimate of drug-likeness (QED) is 0.637. The minimum Gasteiger partial charge on any atom is -0.493 e. The zero-order valence-electron chi connectivity index (χ0n) is 18.8. The van der Waals surface area contributed by atoms with Crippen LogP contribution in [-0.2, 0) is 14.3 Å². The standard InChI is InChI=1S/C25H33NO4/c1-6-13-30-20-12-10-9-11-16(20)21-22-18(14-25(4,5)15-19(22)27)26-17(7-2)23(21)24(28)29-8-3/h9-12,21,26H,6-8,13-15H2,1-5H3. The van der Waals surface area contributed by atoms with E-state index in [4.69, 9.17) is 9.47 Å². The number of Topliss-reactive ketones (excluding diaryl/α,β-unsaturated/α-hetero) is 1. The molecule has 30 heavy (non-hydrogen) atoms. The van der Waals surface area contributed by atoms with Gasteiger partial charge in [0.15, 0.2) is 5.78 Å². The molecule has 5 heteroatoms. The molecule has 0 spiro atoms. The fourth-order valence-electron chi connectivity index (χ4n) is 4.45. The molecule has 0 bridgehead atoms. The molecular weight excluding hydrogens is 378 g/mol. The van der Waals surface area contributed by atoms with Crippen LogP contribution in [0.25, 0.3) is 0 Å². The molecule has 2 aliphatic rings. The summed E-state index contributed by atoms with van der Waals surface area (Å²) >= 11 is 0. The maximum Gasteiger partial charge on any atom is 0.336 e. The van der Waals surface area contributed by atoms with Crippen molar-refractivity contribution in [2.75, 3.05) is 13.2 Å². The van der Waals surface area contributed by atoms with Crippen LogP contribution in [0.4, 0.5) is 0 Å². The Morgan fingerprint density at radius 2 is 1.90 bits per heavy atom. The summed E-state index contributed by atoms with van der Waals surface area (Å²) in [6.45, 7) is 11.0. The van der Waals surface area contributed by atoms with Crippen LogP contribution in [0, 0.1) is 5.41 Å². The molecule has 1 aromatic carbocycles. The Morgan fingerprint density at radius 1 is 1.17 bits per heavy atom. The number of para-hydroxylation sites is 1. The predicted molar refractivity (Wildman–Crippen MR) is 117 cm³/mol. The lowest BCUT2D eigenvalue weighted by Crippen LogP contribution is -2.39. The Morgan fingerprint density at radius 3 is 2.57 bits per heavy atom. The molecule has 0 saturated carbocycles. The van der Waals surface area contributed by atoms with E-state index in [1.165, 1.54) is 0 Å². The molecule has 3 rings (SSSR count). The number of hydrogen-bond donors (Lipinski definition) is 1. The molecule has 0 aromatic heterocycles. The second-order valence-electron chi connectivity index (χ2n) is 8.74. The maximum absolute atomic E-state index is 13.4. The smallest absolute Gasteiger partial charge is 0.336 e. The number of rotatable bonds is 7. The van der Waals surface area contributed by atoms with Gasteiger partial charge in [0.25, 0.3) is 0 Å². The van der Waals surface area contributed by atoms with Crippen LogP contribution < -0.4 is 10.1 Å². The van der Waals surface area contributed by atoms with Gasteiger partial charge in [0.05, 0.1) is 24.7 Å². The third kappa shape index (κ3) is 4.30. The lowest BCUT2D eigenvalue weighted by atomic mass is 9.68. The third-order valence-electron chi connectivity index (χ3n) is 5.66. The van der Waals surface area contributed by atoms with Gasteiger partial charge in [-0.3, -0.25) is 4.79 Å². The average Bonchev–Trinajstić information content (AvgIpc) is 2.70. The van der Waals surface area contributed by atoms with E-state index in [1.54, 1.807) is 6.92 Å². The number of ketones is 1. The van der Waals surface area contributed by atoms with Gasteiger partial charge >= 0.3 is 5.97 Å². The summed E-state index contributed by atoms with van der Waals surface area (Å²) in [5.74, 6) is -0.0535. The first kappa shape index (κ1) is 22.1. The van der Waals surface area contributed by atoms with E-state index in [0.29, 0.717) is 36.3 Å². The van der Waals surface area contributed by atoms with Gasteiger partial charge in [-0.25, -0.2) is 4.79 Å². The molecule has 0 saturated heterocycles. The van der Waals surface area contributed by atoms with Crippen molar-refractivity contribution < 1.29 is 19.1 Å². The van der Waals surface area contributed by atoms with Crippen molar-refractivity contribution in [2.24, 2.45) is 5.41 Å². The average molecular weight is 412 g/mol. The largest absolute Gasteiger partial charge is 0.493 e. The molecule has 0 fully saturated rings. The molecule has 1 aromatic rings. The molecule has 1 aliphatic heterocycles. The first-order chi connectivity index (χ1) is 14.3. The van der Waals surface area contributed by atoms with E-state index in [-0.39, 0.29) is 23.8 Å². The zero-order valence-corrected chi connectivity index (χ0v) is 18.8. The predicted octanol–water partition coefficient (Wildman–Crippen LogP) is 5.03. The molecule has 0 radical (unpaired) electrons. The SMILES string of the molecule is CCCOc1ccccc1C1C2=C(CC(C)(C)CC2=O)NC(CC)=C1C(=O)OCC. The highest BCUT2D eigenvalue weighted by atomic mass is 16.5. The summed E-state index contributed by atoms with van der Waals surface area (Å²) in [4.78, 5) is 26.5. The van der Waals surface area contributed by atoms with Crippen molar-refractivity contribution in [2.45, 2.75) is 66.2 Å². The maximum atomic E-state index is 13.4. The van der Waals surface area contributed by atoms with E-state index in [1.807, 2.05) is 31.2 Å². The molecule has 1 N–H and O–H groups in total. The Bertz CT molecular complexity index is 894. The number of carbonyl (C=O) groups is 2. The number of hydrogen-bond acceptors (Lipinski definition) is 5. The van der Waals surface area contributed by atoms with Gasteiger partial charge in [0.2, 0.25) is 0 Å². The van der Waals surface area contributed by atoms with Crippen LogP contribution in [0.3, 0.4) is 0 Å². The Labute approximate surface area is 179 Å². The summed E-state index contributed by atoms with van der Waals surface area (Å²) < 4.78 is 11.5. The summed E-state index contributed by atoms with van der Waals surface area (Å²) in [5.41, 5.74) is 3.69. The lowest BCUT2D eigenvalue weighted by molar-refractivity contribution is -0.138. The van der Waals surface area contributed by atoms with Crippen molar-refractivity contribution >= 4 is 11.8 Å². The summed E-state index contributed by atoms with van der Waals surface area (Å²) in [5, 5.41) is 3.44. The summed E-state index contributed by atoms with van der Waals surface area (Å²) in [7, 11) is 0. The highest BCUT2D eigenvalue weighted by Gasteiger charge is 2.44. The monoisotopic (exact) mass is 411 g/mol. The van der Waals surface area contributed by atoms with Crippen LogP contribution in [0.15, 0.2) is 46.8 Å². The van der Waals surface area contributed by atoms with Gasteiger partial charge in [-0.15, -0.1) is 0 Å². The Balaban J connectivity index is 2.22. The van der Waals surface area contributed by atoms with E-state index < -0.39 is 5.92 Å². The third-order valence-corrected chi connectivity index (χ3v) is 5.66. The van der Waals surface area contributed by atoms with Crippen molar-refractivity contribution in [3.8, 4) is 5.75 Å². The molecule has 1 heterocycles. The number of dihydropyridines is 1. The minimum atomic E-state index is -0.480. The molecule has 162 valence electrons. The van der Waals surface area contributed by atoms with Crippen LogP contribution in [0.5, 0.6) is 5.75 Å². The van der Waals surface area contributed by atoms with E-state index in [0.717, 1.165) is 29.8 Å². The van der Waals surface area contributed by atoms with Gasteiger partial charge in [0.1, 0.15) is 5.75 Å². The topological polar surface area (TPSA) is 64.6 Å². The van der Waals surface area contributed by atoms with Gasteiger partial charge in [-0.1, -0.05) is 45.9 Å². The molecule has 1 atom stereocenters. The zero-order chi connectivity index (χ0) is 21.9. The Kier molecular flexibility index (Phi) is 6.69. The second kappa shape index (κ2) is 9.07. The van der Waals surface area contributed by atoms with Crippen LogP contribution in [-0.4, -0.2) is 25.0 Å². The highest BCUT2D eigenvalue weighted by Crippen LogP contribution is 2.48. The van der Waals surface area contributed by atoms with Crippen LogP contribution in [0.1, 0.15) is 71.8 Å². The number of carbonyl (C=O) groups excluding carboxylic acids is 2. The fraction of sp³-hybridized carbons (Fsp3) is 0.520. The van der Waals surface area contributed by atoms with Crippen LogP contribution in [0.2, 0.25) is 0 Å². The number of nitrogens with one attached hydrogen (secondary N) is 1. The molecule has 1 aliphatic carbocycles. The van der Waals surface area contributed by atoms with Crippen molar-refractivity contribution in [1.82, 2.24) is 5.32 Å². The number of esters is 1. The molecule has 0 amide bonds. The molecule has 1 unspecified atom stereocenters. The minimum absolute atomic E-state index is 0.0843. The second-order valence-corrected chi connectivity index (χ2v) is 8.74. The first-order valence-electron chi connectivity index (χ1n) is 11.0. The van der Waals surface area contributed by atoms with E-state index in [9.17, 15) is 9.59 Å². The van der Waals surface area contributed by atoms with Crippen molar-refractivity contribution in [3.63, 3.8) is 0 Å². The lowest BCUT2D eigenvalue weighted by Gasteiger charge is -2.40. The van der Waals surface area contributed by atoms with Gasteiger partial charge in [-0.2, -0.15) is 0 Å². The van der Waals surface area contributed by atoms with Crippen LogP contribution >= 0.6 is 0 Å². The Hall–Kier alpha value is -2.56. The van der Waals surface area contributed by atoms with Gasteiger partial charge in [0, 0.05) is 29.0 Å². The molecule has 5 nitrogen and oxygen atoms in total. The van der Waals surface area contributed by atoms with Crippen molar-refractivity contribution in [3.05, 3.63) is 52.4 Å². The van der Waals surface area contributed by atoms with E-state index in [2.05, 4.69) is 26.1 Å². The number of ether oxygens (including phenoxy) is 2. The number of benzene rings is 1. The summed E-state index contributed by atoms with van der Waals surface area (Å²) in [6.07, 6.45) is 2.75. The first-order valence-corrected chi connectivity index (χ1v) is 11.0.